The van der Waals surface area contributed by atoms with Crippen LogP contribution < -0.4 is 10.2 Å². The first-order valence-electron chi connectivity index (χ1n) is 6.27. The highest BCUT2D eigenvalue weighted by atomic mass is 35.5. The van der Waals surface area contributed by atoms with Crippen molar-refractivity contribution in [3.63, 3.8) is 0 Å². The largest absolute Gasteiger partial charge is 0.354 e. The van der Waals surface area contributed by atoms with Gasteiger partial charge in [0.15, 0.2) is 0 Å². The van der Waals surface area contributed by atoms with E-state index in [4.69, 9.17) is 0 Å². The molecule has 0 unspecified atom stereocenters. The quantitative estimate of drug-likeness (QED) is 0.875. The van der Waals surface area contributed by atoms with Gasteiger partial charge in [0.05, 0.1) is 0 Å². The van der Waals surface area contributed by atoms with Crippen LogP contribution in [-0.4, -0.2) is 31.2 Å². The lowest BCUT2D eigenvalue weighted by molar-refractivity contribution is 0.583. The number of nitrogens with zero attached hydrogens (tertiary/aromatic N) is 2. The van der Waals surface area contributed by atoms with E-state index in [1.165, 1.54) is 29.8 Å². The van der Waals surface area contributed by atoms with Crippen molar-refractivity contribution in [1.82, 2.24) is 10.3 Å². The number of nitrogens with one attached hydrogen (secondary N) is 1. The summed E-state index contributed by atoms with van der Waals surface area (Å²) in [4.78, 5) is 7.10. The second-order valence-corrected chi connectivity index (χ2v) is 4.94. The van der Waals surface area contributed by atoms with Crippen LogP contribution in [0.5, 0.6) is 0 Å². The van der Waals surface area contributed by atoms with Crippen molar-refractivity contribution in [1.29, 1.82) is 0 Å². The Morgan fingerprint density at radius 3 is 2.65 bits per heavy atom. The van der Waals surface area contributed by atoms with E-state index < -0.39 is 0 Å². The molecule has 2 aliphatic rings. The zero-order chi connectivity index (χ0) is 11.0. The van der Waals surface area contributed by atoms with E-state index in [-0.39, 0.29) is 12.4 Å². The number of halogens is 1. The number of aryl methyl sites for hydroxylation is 1. The van der Waals surface area contributed by atoms with Gasteiger partial charge in [0.2, 0.25) is 0 Å². The molecule has 1 aromatic rings. The molecule has 0 spiro atoms. The predicted octanol–water partition coefficient (Wildman–Crippen LogP) is 2.10. The summed E-state index contributed by atoms with van der Waals surface area (Å²) in [5.74, 6) is 2.03. The molecule has 1 saturated carbocycles. The van der Waals surface area contributed by atoms with Crippen LogP contribution in [0.15, 0.2) is 12.3 Å². The molecule has 3 nitrogen and oxygen atoms in total. The lowest BCUT2D eigenvalue weighted by atomic mass is 10.1. The van der Waals surface area contributed by atoms with Crippen molar-refractivity contribution in [3.05, 3.63) is 23.4 Å². The normalized spacial score (nSPS) is 19.9. The fourth-order valence-electron chi connectivity index (χ4n) is 2.42. The molecule has 1 N–H and O–H groups in total. The monoisotopic (exact) mass is 253 g/mol. The number of anilines is 1. The third-order valence-corrected chi connectivity index (χ3v) is 3.47. The van der Waals surface area contributed by atoms with Crippen LogP contribution >= 0.6 is 12.4 Å². The minimum absolute atomic E-state index is 0. The highest BCUT2D eigenvalue weighted by Gasteiger charge is 2.29. The van der Waals surface area contributed by atoms with Gasteiger partial charge >= 0.3 is 0 Å². The molecule has 0 atom stereocenters. The van der Waals surface area contributed by atoms with Crippen LogP contribution in [0.3, 0.4) is 0 Å². The second kappa shape index (κ2) is 5.23. The van der Waals surface area contributed by atoms with Gasteiger partial charge in [-0.25, -0.2) is 4.98 Å². The average molecular weight is 254 g/mol. The van der Waals surface area contributed by atoms with Gasteiger partial charge < -0.3 is 10.2 Å². The van der Waals surface area contributed by atoms with Gasteiger partial charge in [-0.2, -0.15) is 0 Å². The van der Waals surface area contributed by atoms with Gasteiger partial charge in [-0.15, -0.1) is 12.4 Å². The summed E-state index contributed by atoms with van der Waals surface area (Å²) in [7, 11) is 0. The van der Waals surface area contributed by atoms with Crippen molar-refractivity contribution in [2.24, 2.45) is 0 Å². The Labute approximate surface area is 109 Å². The molecule has 0 aromatic carbocycles. The predicted molar refractivity (Wildman–Crippen MR) is 73.3 cm³/mol. The summed E-state index contributed by atoms with van der Waals surface area (Å²) >= 11 is 0. The van der Waals surface area contributed by atoms with Crippen LogP contribution in [-0.2, 0) is 0 Å². The van der Waals surface area contributed by atoms with Crippen molar-refractivity contribution in [2.75, 3.05) is 31.1 Å². The fraction of sp³-hybridized carbons (Fsp3) is 0.615. The Kier molecular flexibility index (Phi) is 3.89. The number of hydrogen-bond donors (Lipinski definition) is 1. The summed E-state index contributed by atoms with van der Waals surface area (Å²) in [5.41, 5.74) is 2.78. The van der Waals surface area contributed by atoms with Gasteiger partial charge in [0, 0.05) is 32.4 Å². The molecular formula is C13H20ClN3. The number of aromatic nitrogens is 1. The summed E-state index contributed by atoms with van der Waals surface area (Å²) in [6.07, 6.45) is 4.71. The second-order valence-electron chi connectivity index (χ2n) is 4.94. The molecule has 0 radical (unpaired) electrons. The summed E-state index contributed by atoms with van der Waals surface area (Å²) in [6.45, 7) is 6.49. The highest BCUT2D eigenvalue weighted by molar-refractivity contribution is 5.85. The Morgan fingerprint density at radius 1 is 1.29 bits per heavy atom. The maximum atomic E-state index is 4.66. The molecule has 3 rings (SSSR count). The summed E-state index contributed by atoms with van der Waals surface area (Å²) in [6, 6.07) is 2.34. The number of hydrogen-bond acceptors (Lipinski definition) is 3. The van der Waals surface area contributed by atoms with Crippen molar-refractivity contribution in [2.45, 2.75) is 25.7 Å². The zero-order valence-electron chi connectivity index (χ0n) is 10.3. The van der Waals surface area contributed by atoms with Gasteiger partial charge in [-0.3, -0.25) is 0 Å². The Balaban J connectivity index is 0.00000108. The molecule has 2 fully saturated rings. The molecule has 2 heterocycles. The third kappa shape index (κ3) is 2.72. The van der Waals surface area contributed by atoms with Crippen molar-refractivity contribution >= 4 is 18.2 Å². The van der Waals surface area contributed by atoms with Crippen LogP contribution in [0.25, 0.3) is 0 Å². The molecule has 4 heteroatoms. The summed E-state index contributed by atoms with van der Waals surface area (Å²) < 4.78 is 0. The molecule has 1 saturated heterocycles. The molecule has 1 aliphatic carbocycles. The minimum Gasteiger partial charge on any atom is -0.354 e. The van der Waals surface area contributed by atoms with E-state index in [0.717, 1.165) is 32.1 Å². The van der Waals surface area contributed by atoms with Crippen molar-refractivity contribution < 1.29 is 0 Å². The Morgan fingerprint density at radius 2 is 2.00 bits per heavy atom. The van der Waals surface area contributed by atoms with E-state index in [1.54, 1.807) is 0 Å². The zero-order valence-corrected chi connectivity index (χ0v) is 11.1. The van der Waals surface area contributed by atoms with Gasteiger partial charge in [-0.1, -0.05) is 6.07 Å². The first-order valence-corrected chi connectivity index (χ1v) is 6.27. The molecule has 17 heavy (non-hydrogen) atoms. The fourth-order valence-corrected chi connectivity index (χ4v) is 2.42. The van der Waals surface area contributed by atoms with Crippen molar-refractivity contribution in [3.8, 4) is 0 Å². The smallest absolute Gasteiger partial charge is 0.132 e. The number of piperazine rings is 1. The van der Waals surface area contributed by atoms with Gasteiger partial charge in [-0.05, 0) is 36.8 Å². The first-order chi connectivity index (χ1) is 7.84. The SMILES string of the molecule is Cc1cnc(N2CCNCC2)c(C2CC2)c1.Cl. The molecule has 0 bridgehead atoms. The number of pyridine rings is 1. The molecule has 94 valence electrons. The molecule has 0 amide bonds. The van der Waals surface area contributed by atoms with E-state index >= 15 is 0 Å². The average Bonchev–Trinajstić information content (AvgIpc) is 3.14. The highest BCUT2D eigenvalue weighted by Crippen LogP contribution is 2.43. The van der Waals surface area contributed by atoms with E-state index in [9.17, 15) is 0 Å². The van der Waals surface area contributed by atoms with E-state index in [1.807, 2.05) is 6.20 Å². The Hall–Kier alpha value is -0.800. The third-order valence-electron chi connectivity index (χ3n) is 3.47. The topological polar surface area (TPSA) is 28.2 Å². The standard InChI is InChI=1S/C13H19N3.ClH/c1-10-8-12(11-2-3-11)13(15-9-10)16-6-4-14-5-7-16;/h8-9,11,14H,2-7H2,1H3;1H. The Bertz CT molecular complexity index is 384. The van der Waals surface area contributed by atoms with Crippen LogP contribution in [0.2, 0.25) is 0 Å². The molecule has 1 aliphatic heterocycles. The lowest BCUT2D eigenvalue weighted by Crippen LogP contribution is -2.44. The van der Waals surface area contributed by atoms with E-state index in [0.29, 0.717) is 0 Å². The number of rotatable bonds is 2. The van der Waals surface area contributed by atoms with Gasteiger partial charge in [0.25, 0.3) is 0 Å². The minimum atomic E-state index is 0. The van der Waals surface area contributed by atoms with Crippen LogP contribution in [0.1, 0.15) is 29.9 Å². The maximum Gasteiger partial charge on any atom is 0.132 e. The lowest BCUT2D eigenvalue weighted by Gasteiger charge is -2.30. The molecule has 1 aromatic heterocycles. The molecular weight excluding hydrogens is 234 g/mol. The first kappa shape index (κ1) is 12.7. The summed E-state index contributed by atoms with van der Waals surface area (Å²) in [5, 5.41) is 3.39. The van der Waals surface area contributed by atoms with Gasteiger partial charge in [0.1, 0.15) is 5.82 Å². The van der Waals surface area contributed by atoms with Crippen LogP contribution in [0.4, 0.5) is 5.82 Å². The van der Waals surface area contributed by atoms with E-state index in [2.05, 4.69) is 28.2 Å². The van der Waals surface area contributed by atoms with Crippen LogP contribution in [0, 0.1) is 6.92 Å². The maximum absolute atomic E-state index is 4.66.